The molecule has 0 aliphatic carbocycles. The van der Waals surface area contributed by atoms with Crippen LogP contribution in [0.4, 0.5) is 10.1 Å². The van der Waals surface area contributed by atoms with E-state index in [1.165, 1.54) is 43.4 Å². The van der Waals surface area contributed by atoms with Crippen LogP contribution < -0.4 is 4.31 Å². The van der Waals surface area contributed by atoms with E-state index in [-0.39, 0.29) is 27.5 Å². The van der Waals surface area contributed by atoms with Crippen LogP contribution in [0.5, 0.6) is 0 Å². The fraction of sp³-hybridized carbons (Fsp3) is 0.0952. The van der Waals surface area contributed by atoms with Gasteiger partial charge in [-0.3, -0.25) is 9.10 Å². The Kier molecular flexibility index (Phi) is 6.41. The van der Waals surface area contributed by atoms with Gasteiger partial charge in [0.2, 0.25) is 0 Å². The van der Waals surface area contributed by atoms with Crippen LogP contribution in [0.3, 0.4) is 0 Å². The molecule has 0 spiro atoms. The highest BCUT2D eigenvalue weighted by molar-refractivity contribution is 9.10. The number of hydrogen-bond acceptors (Lipinski definition) is 3. The second-order valence-corrected chi connectivity index (χ2v) is 9.63. The van der Waals surface area contributed by atoms with Crippen molar-refractivity contribution in [2.45, 2.75) is 11.3 Å². The first-order chi connectivity index (χ1) is 13.7. The molecular formula is C21H16BrClFNO3S. The topological polar surface area (TPSA) is 54.5 Å². The molecule has 0 unspecified atom stereocenters. The first-order valence-corrected chi connectivity index (χ1v) is 11.1. The second-order valence-electron chi connectivity index (χ2n) is 6.31. The molecule has 0 aliphatic rings. The molecule has 4 nitrogen and oxygen atoms in total. The standard InChI is InChI=1S/C21H16BrClFNO3S/c1-25(18-9-6-16(22)7-10-18)29(27,28)19-4-2-3-15(11-19)21(26)12-14-5-8-17(23)13-20(14)24/h2-11,13H,12H2,1H3. The van der Waals surface area contributed by atoms with Gasteiger partial charge < -0.3 is 0 Å². The van der Waals surface area contributed by atoms with E-state index in [4.69, 9.17) is 11.6 Å². The largest absolute Gasteiger partial charge is 0.294 e. The van der Waals surface area contributed by atoms with Crippen LogP contribution in [0.25, 0.3) is 0 Å². The average molecular weight is 497 g/mol. The number of rotatable bonds is 6. The van der Waals surface area contributed by atoms with Crippen LogP contribution in [-0.4, -0.2) is 21.2 Å². The molecule has 0 amide bonds. The summed E-state index contributed by atoms with van der Waals surface area (Å²) in [6.07, 6.45) is -0.199. The lowest BCUT2D eigenvalue weighted by atomic mass is 10.0. The van der Waals surface area contributed by atoms with Crippen LogP contribution in [-0.2, 0) is 16.4 Å². The molecule has 0 bridgehead atoms. The summed E-state index contributed by atoms with van der Waals surface area (Å²) in [5.74, 6) is -0.973. The van der Waals surface area contributed by atoms with Crippen molar-refractivity contribution in [3.63, 3.8) is 0 Å². The molecule has 3 rings (SSSR count). The van der Waals surface area contributed by atoms with E-state index in [1.54, 1.807) is 24.3 Å². The van der Waals surface area contributed by atoms with Gasteiger partial charge in [0, 0.05) is 28.5 Å². The maximum atomic E-state index is 14.0. The zero-order valence-electron chi connectivity index (χ0n) is 15.3. The molecule has 0 saturated carbocycles. The maximum Gasteiger partial charge on any atom is 0.264 e. The lowest BCUT2D eigenvalue weighted by molar-refractivity contribution is 0.0991. The molecule has 0 heterocycles. The third-order valence-electron chi connectivity index (χ3n) is 4.37. The Bertz CT molecular complexity index is 1170. The van der Waals surface area contributed by atoms with Gasteiger partial charge in [0.05, 0.1) is 10.6 Å². The van der Waals surface area contributed by atoms with Gasteiger partial charge in [-0.15, -0.1) is 0 Å². The van der Waals surface area contributed by atoms with Crippen LogP contribution in [0.15, 0.2) is 76.1 Å². The van der Waals surface area contributed by atoms with Crippen LogP contribution in [0.2, 0.25) is 5.02 Å². The third kappa shape index (κ3) is 4.86. The first-order valence-electron chi connectivity index (χ1n) is 8.50. The fourth-order valence-corrected chi connectivity index (χ4v) is 4.38. The second kappa shape index (κ2) is 8.65. The van der Waals surface area contributed by atoms with Crippen LogP contribution in [0.1, 0.15) is 15.9 Å². The Balaban J connectivity index is 1.87. The summed E-state index contributed by atoms with van der Waals surface area (Å²) in [4.78, 5) is 12.6. The molecular weight excluding hydrogens is 481 g/mol. The Morgan fingerprint density at radius 2 is 1.76 bits per heavy atom. The number of ketones is 1. The van der Waals surface area contributed by atoms with Gasteiger partial charge >= 0.3 is 0 Å². The van der Waals surface area contributed by atoms with Gasteiger partial charge in [-0.05, 0) is 54.1 Å². The zero-order valence-corrected chi connectivity index (χ0v) is 18.4. The van der Waals surface area contributed by atoms with Crippen molar-refractivity contribution in [2.75, 3.05) is 11.4 Å². The molecule has 29 heavy (non-hydrogen) atoms. The number of halogens is 3. The molecule has 0 saturated heterocycles. The molecule has 0 radical (unpaired) electrons. The van der Waals surface area contributed by atoms with Crippen molar-refractivity contribution >= 4 is 49.0 Å². The normalized spacial score (nSPS) is 11.3. The summed E-state index contributed by atoms with van der Waals surface area (Å²) in [7, 11) is -2.43. The lowest BCUT2D eigenvalue weighted by Crippen LogP contribution is -2.26. The van der Waals surface area contributed by atoms with Crippen molar-refractivity contribution in [1.82, 2.24) is 0 Å². The van der Waals surface area contributed by atoms with Gasteiger partial charge in [0.1, 0.15) is 5.82 Å². The monoisotopic (exact) mass is 495 g/mol. The third-order valence-corrected chi connectivity index (χ3v) is 6.92. The van der Waals surface area contributed by atoms with Crippen LogP contribution in [0, 0.1) is 5.82 Å². The molecule has 8 heteroatoms. The quantitative estimate of drug-likeness (QED) is 0.424. The van der Waals surface area contributed by atoms with E-state index < -0.39 is 21.6 Å². The highest BCUT2D eigenvalue weighted by Gasteiger charge is 2.22. The number of sulfonamides is 1. The Labute approximate surface area is 182 Å². The predicted molar refractivity (Wildman–Crippen MR) is 116 cm³/mol. The molecule has 3 aromatic carbocycles. The van der Waals surface area contributed by atoms with E-state index in [9.17, 15) is 17.6 Å². The Hall–Kier alpha value is -2.22. The van der Waals surface area contributed by atoms with Gasteiger partial charge in [0.15, 0.2) is 5.78 Å². The van der Waals surface area contributed by atoms with Crippen molar-refractivity contribution in [3.8, 4) is 0 Å². The predicted octanol–water partition coefficient (Wildman–Crippen LogP) is 5.49. The first kappa shape index (κ1) is 21.5. The number of anilines is 1. The SMILES string of the molecule is CN(c1ccc(Br)cc1)S(=O)(=O)c1cccc(C(=O)Cc2ccc(Cl)cc2F)c1. The minimum atomic E-state index is -3.87. The van der Waals surface area contributed by atoms with E-state index in [0.29, 0.717) is 5.69 Å². The Morgan fingerprint density at radius 3 is 2.41 bits per heavy atom. The minimum absolute atomic E-state index is 0.0228. The summed E-state index contributed by atoms with van der Waals surface area (Å²) in [5, 5.41) is 0.239. The average Bonchev–Trinajstić information content (AvgIpc) is 2.70. The van der Waals surface area contributed by atoms with E-state index in [2.05, 4.69) is 15.9 Å². The summed E-state index contributed by atoms with van der Waals surface area (Å²) in [6.45, 7) is 0. The molecule has 150 valence electrons. The highest BCUT2D eigenvalue weighted by atomic mass is 79.9. The summed E-state index contributed by atoms with van der Waals surface area (Å²) >= 11 is 9.04. The van der Waals surface area contributed by atoms with Crippen LogP contribution >= 0.6 is 27.5 Å². The molecule has 0 atom stereocenters. The molecule has 0 fully saturated rings. The number of hydrogen-bond donors (Lipinski definition) is 0. The molecule has 0 aromatic heterocycles. The van der Waals surface area contributed by atoms with Crippen molar-refractivity contribution < 1.29 is 17.6 Å². The number of benzene rings is 3. The van der Waals surface area contributed by atoms with Gasteiger partial charge in [-0.2, -0.15) is 0 Å². The van der Waals surface area contributed by atoms with Gasteiger partial charge in [0.25, 0.3) is 10.0 Å². The van der Waals surface area contributed by atoms with Crippen molar-refractivity contribution in [2.24, 2.45) is 0 Å². The maximum absolute atomic E-state index is 14.0. The minimum Gasteiger partial charge on any atom is -0.294 e. The van der Waals surface area contributed by atoms with E-state index in [1.807, 2.05) is 0 Å². The van der Waals surface area contributed by atoms with Crippen molar-refractivity contribution in [3.05, 3.63) is 93.2 Å². The van der Waals surface area contributed by atoms with E-state index >= 15 is 0 Å². The van der Waals surface area contributed by atoms with E-state index in [0.717, 1.165) is 14.8 Å². The smallest absolute Gasteiger partial charge is 0.264 e. The number of Topliss-reactive ketones (excluding diaryl/α,β-unsaturated/α-hetero) is 1. The summed E-state index contributed by atoms with van der Waals surface area (Å²) < 4.78 is 41.9. The fourth-order valence-electron chi connectivity index (χ4n) is 2.72. The summed E-state index contributed by atoms with van der Waals surface area (Å²) in [6, 6.07) is 16.6. The lowest BCUT2D eigenvalue weighted by Gasteiger charge is -2.20. The molecule has 0 aliphatic heterocycles. The van der Waals surface area contributed by atoms with Gasteiger partial charge in [-0.25, -0.2) is 12.8 Å². The van der Waals surface area contributed by atoms with Gasteiger partial charge in [-0.1, -0.05) is 45.7 Å². The highest BCUT2D eigenvalue weighted by Crippen LogP contribution is 2.25. The molecule has 0 N–H and O–H groups in total. The van der Waals surface area contributed by atoms with Crippen molar-refractivity contribution in [1.29, 1.82) is 0 Å². The number of nitrogens with zero attached hydrogens (tertiary/aromatic N) is 1. The number of carbonyl (C=O) groups is 1. The molecule has 3 aromatic rings. The zero-order chi connectivity index (χ0) is 21.2. The Morgan fingerprint density at radius 1 is 1.07 bits per heavy atom. The summed E-state index contributed by atoms with van der Waals surface area (Å²) in [5.41, 5.74) is 0.859. The number of carbonyl (C=O) groups excluding carboxylic acids is 1.